The molecule has 0 N–H and O–H groups in total. The lowest BCUT2D eigenvalue weighted by molar-refractivity contribution is -0.121. The Morgan fingerprint density at radius 2 is 1.58 bits per heavy atom. The Bertz CT molecular complexity index is 1330. The summed E-state index contributed by atoms with van der Waals surface area (Å²) in [5.74, 6) is 1.58. The van der Waals surface area contributed by atoms with Gasteiger partial charge in [-0.2, -0.15) is 0 Å². The quantitative estimate of drug-likeness (QED) is 0.160. The molecular weight excluding hydrogens is 621 g/mol. The molecule has 0 heterocycles. The predicted octanol–water partition coefficient (Wildman–Crippen LogP) is 12.8. The van der Waals surface area contributed by atoms with Gasteiger partial charge < -0.3 is 8.85 Å². The lowest BCUT2D eigenvalue weighted by Crippen LogP contribution is -2.49. The van der Waals surface area contributed by atoms with E-state index in [1.807, 2.05) is 0 Å². The normalized spacial score (nSPS) is 31.9. The fraction of sp³-hybridized carbons (Fsp3) is 0.744. The Balaban J connectivity index is 1.56. The van der Waals surface area contributed by atoms with Crippen molar-refractivity contribution >= 4 is 22.4 Å². The van der Waals surface area contributed by atoms with Crippen LogP contribution in [-0.4, -0.2) is 34.6 Å². The van der Waals surface area contributed by atoms with Crippen LogP contribution in [0.2, 0.25) is 36.3 Å². The molecule has 0 unspecified atom stereocenters. The summed E-state index contributed by atoms with van der Waals surface area (Å²) < 4.78 is 14.2. The molecule has 3 nitrogen and oxygen atoms in total. The first-order valence-electron chi connectivity index (χ1n) is 19.4. The summed E-state index contributed by atoms with van der Waals surface area (Å²) in [4.78, 5) is 13.2. The zero-order valence-electron chi connectivity index (χ0n) is 33.4. The SMILES string of the molecule is C=C1C(=CC=C2CCC[C@]3(C)[C@@H](C(C)=CCC(=O)C4(C=CCC)CC4)CC[C@@H]23)C[C@@H](O[Si](C)(C)C(C)(C)C)C[C@@H]1O[Si](C)(C)C(C)(C)C. The lowest BCUT2D eigenvalue weighted by Gasteiger charge is -2.45. The number of fused-ring (bicyclic) bond motifs is 1. The largest absolute Gasteiger partial charge is 0.413 e. The molecule has 0 aromatic rings. The third kappa shape index (κ3) is 8.43. The molecule has 0 aliphatic heterocycles. The molecule has 4 fully saturated rings. The van der Waals surface area contributed by atoms with E-state index in [1.165, 1.54) is 48.8 Å². The summed E-state index contributed by atoms with van der Waals surface area (Å²) in [6.07, 6.45) is 23.4. The highest BCUT2D eigenvalue weighted by molar-refractivity contribution is 6.74. The molecule has 0 radical (unpaired) electrons. The van der Waals surface area contributed by atoms with Crippen LogP contribution in [0.25, 0.3) is 0 Å². The molecule has 4 rings (SSSR count). The molecule has 5 atom stereocenters. The first-order valence-corrected chi connectivity index (χ1v) is 25.2. The Morgan fingerprint density at radius 1 is 0.958 bits per heavy atom. The monoisotopic (exact) mass is 693 g/mol. The number of allylic oxidation sites excluding steroid dienone is 7. The van der Waals surface area contributed by atoms with Gasteiger partial charge in [0, 0.05) is 18.3 Å². The lowest BCUT2D eigenvalue weighted by atomic mass is 9.62. The molecule has 4 aliphatic rings. The average molecular weight is 693 g/mol. The number of Topliss-reactive ketones (excluding diaryl/α,β-unsaturated/α-hetero) is 1. The summed E-state index contributed by atoms with van der Waals surface area (Å²) in [5.41, 5.74) is 5.66. The Labute approximate surface area is 298 Å². The number of rotatable bonds is 11. The highest BCUT2D eigenvalue weighted by Crippen LogP contribution is 2.59. The Morgan fingerprint density at radius 3 is 2.17 bits per heavy atom. The van der Waals surface area contributed by atoms with Gasteiger partial charge in [-0.25, -0.2) is 0 Å². The van der Waals surface area contributed by atoms with Crippen LogP contribution in [0.15, 0.2) is 59.3 Å². The van der Waals surface area contributed by atoms with Crippen molar-refractivity contribution in [2.45, 2.75) is 181 Å². The zero-order valence-corrected chi connectivity index (χ0v) is 35.4. The van der Waals surface area contributed by atoms with Gasteiger partial charge in [-0.15, -0.1) is 0 Å². The molecule has 0 saturated heterocycles. The van der Waals surface area contributed by atoms with Gasteiger partial charge in [0.05, 0.1) is 12.2 Å². The van der Waals surface area contributed by atoms with Crippen molar-refractivity contribution in [1.82, 2.24) is 0 Å². The summed E-state index contributed by atoms with van der Waals surface area (Å²) in [6, 6.07) is 0. The third-order valence-corrected chi connectivity index (χ3v) is 22.9. The Kier molecular flexibility index (Phi) is 11.8. The first-order chi connectivity index (χ1) is 22.1. The average Bonchev–Trinajstić information content (AvgIpc) is 3.68. The highest BCUT2D eigenvalue weighted by Gasteiger charge is 2.50. The number of hydrogen-bond donors (Lipinski definition) is 0. The minimum Gasteiger partial charge on any atom is -0.413 e. The molecule has 5 heteroatoms. The van der Waals surface area contributed by atoms with Crippen LogP contribution < -0.4 is 0 Å². The first kappa shape index (κ1) is 39.5. The van der Waals surface area contributed by atoms with Crippen LogP contribution in [0.5, 0.6) is 0 Å². The molecule has 48 heavy (non-hydrogen) atoms. The summed E-state index contributed by atoms with van der Waals surface area (Å²) in [5, 5.41) is 0.309. The minimum absolute atomic E-state index is 0.00859. The molecule has 4 saturated carbocycles. The second-order valence-corrected chi connectivity index (χ2v) is 28.9. The fourth-order valence-corrected chi connectivity index (χ4v) is 11.0. The summed E-state index contributed by atoms with van der Waals surface area (Å²) in [7, 11) is -3.94. The van der Waals surface area contributed by atoms with Gasteiger partial charge in [0.2, 0.25) is 0 Å². The van der Waals surface area contributed by atoms with E-state index in [-0.39, 0.29) is 33.1 Å². The van der Waals surface area contributed by atoms with Crippen LogP contribution in [0.4, 0.5) is 0 Å². The number of carbonyl (C=O) groups is 1. The van der Waals surface area contributed by atoms with Crippen LogP contribution in [0.1, 0.15) is 133 Å². The molecule has 4 aliphatic carbocycles. The maximum absolute atomic E-state index is 13.2. The van der Waals surface area contributed by atoms with Gasteiger partial charge in [0.25, 0.3) is 0 Å². The van der Waals surface area contributed by atoms with E-state index in [0.717, 1.165) is 32.1 Å². The molecule has 0 amide bonds. The van der Waals surface area contributed by atoms with Crippen LogP contribution in [0, 0.1) is 22.7 Å². The van der Waals surface area contributed by atoms with Crippen LogP contribution in [0.3, 0.4) is 0 Å². The molecule has 270 valence electrons. The van der Waals surface area contributed by atoms with Crippen molar-refractivity contribution < 1.29 is 13.6 Å². The third-order valence-electron chi connectivity index (χ3n) is 13.9. The smallest absolute Gasteiger partial charge is 0.192 e. The van der Waals surface area contributed by atoms with Crippen molar-refractivity contribution in [2.75, 3.05) is 0 Å². The predicted molar refractivity (Wildman–Crippen MR) is 211 cm³/mol. The number of carbonyl (C=O) groups excluding carboxylic acids is 1. The highest BCUT2D eigenvalue weighted by atomic mass is 28.4. The molecule has 0 aromatic heterocycles. The van der Waals surface area contributed by atoms with Gasteiger partial charge in [-0.1, -0.05) is 103 Å². The molecule has 0 bridgehead atoms. The van der Waals surface area contributed by atoms with Gasteiger partial charge in [0.15, 0.2) is 16.6 Å². The van der Waals surface area contributed by atoms with Crippen molar-refractivity contribution in [3.8, 4) is 0 Å². The van der Waals surface area contributed by atoms with Gasteiger partial charge in [0.1, 0.15) is 5.78 Å². The van der Waals surface area contributed by atoms with E-state index in [4.69, 9.17) is 15.4 Å². The van der Waals surface area contributed by atoms with Crippen molar-refractivity contribution in [3.63, 3.8) is 0 Å². The molecule has 0 aromatic carbocycles. The standard InChI is InChI=1S/C43H72O3Si2/c1-15-16-26-43(27-28-43)39(44)24-19-31(2)36-22-23-37-33(18-17-25-42(36,37)10)20-21-34-29-35(45-47(11,12)40(4,5)6)30-38(32(34)3)46-48(13,14)41(7,8)9/h16,19-21,26,35-38H,3,15,17-18,22-25,27-30H2,1-2,4-14H3/t35-,36-,37+,38+,42-/m1/s1. The second-order valence-electron chi connectivity index (χ2n) is 19.3. The van der Waals surface area contributed by atoms with Gasteiger partial charge in [-0.05, 0) is 129 Å². The maximum Gasteiger partial charge on any atom is 0.192 e. The number of ketones is 1. The van der Waals surface area contributed by atoms with Crippen molar-refractivity contribution in [3.05, 3.63) is 59.3 Å². The van der Waals surface area contributed by atoms with Crippen molar-refractivity contribution in [1.29, 1.82) is 0 Å². The second kappa shape index (κ2) is 14.4. The van der Waals surface area contributed by atoms with Crippen LogP contribution >= 0.6 is 0 Å². The van der Waals surface area contributed by atoms with E-state index in [1.54, 1.807) is 5.57 Å². The van der Waals surface area contributed by atoms with Crippen molar-refractivity contribution in [2.24, 2.45) is 22.7 Å². The summed E-state index contributed by atoms with van der Waals surface area (Å²) in [6.45, 7) is 35.2. The van der Waals surface area contributed by atoms with E-state index >= 15 is 0 Å². The van der Waals surface area contributed by atoms with E-state index < -0.39 is 16.6 Å². The maximum atomic E-state index is 13.2. The summed E-state index contributed by atoms with van der Waals surface area (Å²) >= 11 is 0. The molecular formula is C43H72O3Si2. The Hall–Kier alpha value is -1.28. The van der Waals surface area contributed by atoms with Gasteiger partial charge in [-0.3, -0.25) is 4.79 Å². The van der Waals surface area contributed by atoms with E-state index in [2.05, 4.69) is 119 Å². The fourth-order valence-electron chi connectivity index (χ4n) is 8.37. The molecule has 0 spiro atoms. The number of hydrogen-bond acceptors (Lipinski definition) is 3. The van der Waals surface area contributed by atoms with E-state index in [9.17, 15) is 4.79 Å². The topological polar surface area (TPSA) is 35.5 Å². The minimum atomic E-state index is -1.99. The van der Waals surface area contributed by atoms with E-state index in [0.29, 0.717) is 24.0 Å². The van der Waals surface area contributed by atoms with Crippen LogP contribution in [-0.2, 0) is 13.6 Å². The van der Waals surface area contributed by atoms with Gasteiger partial charge >= 0.3 is 0 Å². The zero-order chi connectivity index (χ0) is 35.9.